The number of benzene rings is 2. The number of hydrogen-bond acceptors (Lipinski definition) is 6. The predicted molar refractivity (Wildman–Crippen MR) is 141 cm³/mol. The Bertz CT molecular complexity index is 1110. The molecule has 1 aliphatic rings. The van der Waals surface area contributed by atoms with Crippen molar-refractivity contribution in [3.05, 3.63) is 64.7 Å². The van der Waals surface area contributed by atoms with Crippen LogP contribution in [0, 0.1) is 12.8 Å². The average Bonchev–Trinajstić information content (AvgIpc) is 3.08. The van der Waals surface area contributed by atoms with E-state index >= 15 is 0 Å². The number of ether oxygens (including phenoxy) is 2. The van der Waals surface area contributed by atoms with Crippen molar-refractivity contribution in [2.75, 3.05) is 40.4 Å². The van der Waals surface area contributed by atoms with Crippen molar-refractivity contribution >= 4 is 17.4 Å². The first-order valence-corrected chi connectivity index (χ1v) is 12.5. The Hall–Kier alpha value is -3.32. The van der Waals surface area contributed by atoms with Gasteiger partial charge in [0.1, 0.15) is 17.3 Å². The van der Waals surface area contributed by atoms with Gasteiger partial charge in [-0.1, -0.05) is 26.0 Å². The topological polar surface area (TPSA) is 79.3 Å². The quantitative estimate of drug-likeness (QED) is 0.275. The summed E-state index contributed by atoms with van der Waals surface area (Å²) in [5, 5.41) is 11.4. The van der Waals surface area contributed by atoms with E-state index in [1.807, 2.05) is 57.1 Å². The Labute approximate surface area is 214 Å². The van der Waals surface area contributed by atoms with E-state index in [2.05, 4.69) is 13.8 Å². The average molecular weight is 495 g/mol. The van der Waals surface area contributed by atoms with Gasteiger partial charge in [0.15, 0.2) is 0 Å². The summed E-state index contributed by atoms with van der Waals surface area (Å²) in [7, 11) is 3.93. The maximum absolute atomic E-state index is 13.2. The molecular weight excluding hydrogens is 456 g/mol. The number of aliphatic hydroxyl groups is 1. The van der Waals surface area contributed by atoms with Gasteiger partial charge in [0, 0.05) is 12.1 Å². The number of hydrogen-bond donors (Lipinski definition) is 1. The summed E-state index contributed by atoms with van der Waals surface area (Å²) in [6.45, 7) is 10.3. The van der Waals surface area contributed by atoms with Crippen LogP contribution >= 0.6 is 0 Å². The summed E-state index contributed by atoms with van der Waals surface area (Å²) < 4.78 is 11.4. The molecule has 1 N–H and O–H groups in total. The van der Waals surface area contributed by atoms with E-state index in [1.165, 1.54) is 0 Å². The molecule has 1 heterocycles. The number of Topliss-reactive ketones (excluding diaryl/α,β-unsaturated/α-hetero) is 1. The maximum Gasteiger partial charge on any atom is 0.295 e. The molecule has 1 aliphatic heterocycles. The lowest BCUT2D eigenvalue weighted by molar-refractivity contribution is -0.139. The number of aliphatic hydroxyl groups excluding tert-OH is 1. The zero-order valence-corrected chi connectivity index (χ0v) is 22.2. The number of nitrogens with zero attached hydrogens (tertiary/aromatic N) is 2. The fourth-order valence-electron chi connectivity index (χ4n) is 4.30. The Morgan fingerprint density at radius 1 is 1.08 bits per heavy atom. The smallest absolute Gasteiger partial charge is 0.295 e. The van der Waals surface area contributed by atoms with Crippen molar-refractivity contribution in [2.24, 2.45) is 5.92 Å². The lowest BCUT2D eigenvalue weighted by atomic mass is 9.94. The second-order valence-electron chi connectivity index (χ2n) is 9.84. The number of amides is 1. The van der Waals surface area contributed by atoms with Crippen LogP contribution in [0.4, 0.5) is 0 Å². The minimum atomic E-state index is -0.681. The zero-order chi connectivity index (χ0) is 26.4. The molecule has 0 radical (unpaired) electrons. The van der Waals surface area contributed by atoms with Crippen LogP contribution < -0.4 is 9.47 Å². The van der Waals surface area contributed by atoms with E-state index in [4.69, 9.17) is 9.47 Å². The van der Waals surface area contributed by atoms with Crippen molar-refractivity contribution < 1.29 is 24.2 Å². The van der Waals surface area contributed by atoms with Crippen LogP contribution in [0.5, 0.6) is 11.5 Å². The van der Waals surface area contributed by atoms with Crippen LogP contribution in [0.1, 0.15) is 49.9 Å². The molecule has 0 saturated carbocycles. The summed E-state index contributed by atoms with van der Waals surface area (Å²) in [5.41, 5.74) is 2.17. The normalized spacial score (nSPS) is 17.3. The summed E-state index contributed by atoms with van der Waals surface area (Å²) in [4.78, 5) is 30.0. The number of likely N-dealkylation sites (tertiary alicyclic amines) is 1. The first-order valence-electron chi connectivity index (χ1n) is 12.5. The monoisotopic (exact) mass is 494 g/mol. The SMILES string of the molecule is CCOc1ccc([C@H]2C(=C(O)c3ccc(OCC(C)C)c(C)c3)C(=O)C(=O)N2CCCN(C)C)cc1. The van der Waals surface area contributed by atoms with Crippen LogP contribution in [0.2, 0.25) is 0 Å². The number of carbonyl (C=O) groups is 2. The summed E-state index contributed by atoms with van der Waals surface area (Å²) in [6.07, 6.45) is 0.703. The second-order valence-corrected chi connectivity index (χ2v) is 9.84. The lowest BCUT2D eigenvalue weighted by Crippen LogP contribution is -2.32. The van der Waals surface area contributed by atoms with E-state index in [0.717, 1.165) is 23.4 Å². The number of ketones is 1. The second kappa shape index (κ2) is 12.1. The van der Waals surface area contributed by atoms with Crippen molar-refractivity contribution in [3.8, 4) is 11.5 Å². The van der Waals surface area contributed by atoms with Gasteiger partial charge in [0.25, 0.3) is 11.7 Å². The highest BCUT2D eigenvalue weighted by molar-refractivity contribution is 6.46. The highest BCUT2D eigenvalue weighted by Crippen LogP contribution is 2.40. The molecule has 0 bridgehead atoms. The molecule has 1 fully saturated rings. The molecule has 0 spiro atoms. The molecule has 1 amide bonds. The molecule has 2 aromatic carbocycles. The standard InChI is InChI=1S/C29H38N2O5/c1-7-35-23-12-9-21(10-13-23)26-25(28(33)29(34)31(26)16-8-15-30(5)6)27(32)22-11-14-24(20(4)17-22)36-18-19(2)3/h9-14,17,19,26,32H,7-8,15-16,18H2,1-6H3/t26-/m0/s1. The molecule has 2 aromatic rings. The molecule has 1 saturated heterocycles. The fourth-order valence-corrected chi connectivity index (χ4v) is 4.30. The molecule has 194 valence electrons. The van der Waals surface area contributed by atoms with Gasteiger partial charge in [-0.25, -0.2) is 0 Å². The predicted octanol–water partition coefficient (Wildman–Crippen LogP) is 4.80. The van der Waals surface area contributed by atoms with Gasteiger partial charge in [-0.05, 0) is 88.3 Å². The van der Waals surface area contributed by atoms with E-state index < -0.39 is 17.7 Å². The molecular formula is C29H38N2O5. The van der Waals surface area contributed by atoms with Crippen LogP contribution in [0.25, 0.3) is 5.76 Å². The largest absolute Gasteiger partial charge is 0.507 e. The fraction of sp³-hybridized carbons (Fsp3) is 0.448. The number of carbonyl (C=O) groups excluding carboxylic acids is 2. The summed E-state index contributed by atoms with van der Waals surface area (Å²) in [6, 6.07) is 12.0. The molecule has 0 aromatic heterocycles. The molecule has 0 aliphatic carbocycles. The van der Waals surface area contributed by atoms with E-state index in [0.29, 0.717) is 43.4 Å². The molecule has 1 atom stereocenters. The van der Waals surface area contributed by atoms with Crippen LogP contribution in [0.3, 0.4) is 0 Å². The van der Waals surface area contributed by atoms with Crippen molar-refractivity contribution in [2.45, 2.75) is 40.2 Å². The Balaban J connectivity index is 2.03. The van der Waals surface area contributed by atoms with E-state index in [-0.39, 0.29) is 11.3 Å². The Kier molecular flexibility index (Phi) is 9.15. The third-order valence-corrected chi connectivity index (χ3v) is 6.07. The lowest BCUT2D eigenvalue weighted by Gasteiger charge is -2.26. The summed E-state index contributed by atoms with van der Waals surface area (Å²) >= 11 is 0. The third-order valence-electron chi connectivity index (χ3n) is 6.07. The number of aryl methyl sites for hydroxylation is 1. The van der Waals surface area contributed by atoms with Crippen LogP contribution in [-0.4, -0.2) is 67.0 Å². The first-order chi connectivity index (χ1) is 17.1. The molecule has 3 rings (SSSR count). The molecule has 7 nitrogen and oxygen atoms in total. The van der Waals surface area contributed by atoms with Gasteiger partial charge in [0.05, 0.1) is 24.8 Å². The summed E-state index contributed by atoms with van der Waals surface area (Å²) in [5.74, 6) is 0.374. The van der Waals surface area contributed by atoms with Gasteiger partial charge >= 0.3 is 0 Å². The highest BCUT2D eigenvalue weighted by atomic mass is 16.5. The Morgan fingerprint density at radius 3 is 2.36 bits per heavy atom. The van der Waals surface area contributed by atoms with Crippen LogP contribution in [-0.2, 0) is 9.59 Å². The van der Waals surface area contributed by atoms with E-state index in [9.17, 15) is 14.7 Å². The third kappa shape index (κ3) is 6.26. The minimum Gasteiger partial charge on any atom is -0.507 e. The number of rotatable bonds is 11. The molecule has 7 heteroatoms. The first kappa shape index (κ1) is 27.3. The Morgan fingerprint density at radius 2 is 1.78 bits per heavy atom. The maximum atomic E-state index is 13.2. The van der Waals surface area contributed by atoms with Crippen molar-refractivity contribution in [1.29, 1.82) is 0 Å². The zero-order valence-electron chi connectivity index (χ0n) is 22.2. The van der Waals surface area contributed by atoms with Gasteiger partial charge in [-0.3, -0.25) is 9.59 Å². The van der Waals surface area contributed by atoms with Gasteiger partial charge < -0.3 is 24.4 Å². The minimum absolute atomic E-state index is 0.101. The van der Waals surface area contributed by atoms with E-state index in [1.54, 1.807) is 23.1 Å². The van der Waals surface area contributed by atoms with Crippen LogP contribution in [0.15, 0.2) is 48.0 Å². The van der Waals surface area contributed by atoms with Crippen molar-refractivity contribution in [3.63, 3.8) is 0 Å². The highest BCUT2D eigenvalue weighted by Gasteiger charge is 2.45. The molecule has 0 unspecified atom stereocenters. The van der Waals surface area contributed by atoms with Gasteiger partial charge in [-0.15, -0.1) is 0 Å². The van der Waals surface area contributed by atoms with Gasteiger partial charge in [-0.2, -0.15) is 0 Å². The van der Waals surface area contributed by atoms with Crippen molar-refractivity contribution in [1.82, 2.24) is 9.80 Å². The molecule has 36 heavy (non-hydrogen) atoms. The van der Waals surface area contributed by atoms with Gasteiger partial charge in [0.2, 0.25) is 0 Å².